The van der Waals surface area contributed by atoms with Gasteiger partial charge >= 0.3 is 0 Å². The maximum absolute atomic E-state index is 9.90. The van der Waals surface area contributed by atoms with Crippen LogP contribution in [0.3, 0.4) is 0 Å². The average Bonchev–Trinajstić information content (AvgIpc) is 2.54. The summed E-state index contributed by atoms with van der Waals surface area (Å²) in [6, 6.07) is 0. The van der Waals surface area contributed by atoms with Crippen LogP contribution in [0.4, 0.5) is 0 Å². The minimum atomic E-state index is -0.490. The van der Waals surface area contributed by atoms with Gasteiger partial charge in [-0.25, -0.2) is 0 Å². The zero-order valence-corrected chi connectivity index (χ0v) is 9.12. The Morgan fingerprint density at radius 3 is 2.71 bits per heavy atom. The molecule has 2 heteroatoms. The van der Waals surface area contributed by atoms with Crippen molar-refractivity contribution in [1.82, 2.24) is 0 Å². The van der Waals surface area contributed by atoms with Gasteiger partial charge in [-0.05, 0) is 42.4 Å². The Labute approximate surface area is 85.6 Å². The molecule has 0 bridgehead atoms. The van der Waals surface area contributed by atoms with Gasteiger partial charge in [0, 0.05) is 5.92 Å². The molecule has 1 N–H and O–H groups in total. The number of rotatable bonds is 0. The second-order valence-electron chi connectivity index (χ2n) is 5.95. The van der Waals surface area contributed by atoms with E-state index >= 15 is 0 Å². The summed E-state index contributed by atoms with van der Waals surface area (Å²) in [6.07, 6.45) is 4.59. The molecule has 0 aromatic carbocycles. The van der Waals surface area contributed by atoms with Gasteiger partial charge in [-0.2, -0.15) is 0 Å². The van der Waals surface area contributed by atoms with Gasteiger partial charge in [-0.1, -0.05) is 13.8 Å². The van der Waals surface area contributed by atoms with E-state index in [4.69, 9.17) is 4.74 Å². The molecule has 0 aromatic rings. The van der Waals surface area contributed by atoms with Crippen molar-refractivity contribution in [3.8, 4) is 0 Å². The molecule has 5 unspecified atom stereocenters. The van der Waals surface area contributed by atoms with Gasteiger partial charge in [0.15, 0.2) is 6.29 Å². The highest BCUT2D eigenvalue weighted by atomic mass is 16.6. The van der Waals surface area contributed by atoms with Gasteiger partial charge in [0.05, 0.1) is 6.61 Å². The van der Waals surface area contributed by atoms with E-state index in [0.29, 0.717) is 22.7 Å². The summed E-state index contributed by atoms with van der Waals surface area (Å²) in [6.45, 7) is 5.60. The van der Waals surface area contributed by atoms with Crippen LogP contribution >= 0.6 is 0 Å². The van der Waals surface area contributed by atoms with Crippen LogP contribution in [0.15, 0.2) is 0 Å². The van der Waals surface area contributed by atoms with E-state index in [2.05, 4.69) is 13.8 Å². The predicted octanol–water partition coefficient (Wildman–Crippen LogP) is 2.17. The topological polar surface area (TPSA) is 29.5 Å². The van der Waals surface area contributed by atoms with E-state index in [0.717, 1.165) is 13.0 Å². The van der Waals surface area contributed by atoms with Crippen LogP contribution in [0.25, 0.3) is 0 Å². The fourth-order valence-corrected chi connectivity index (χ4v) is 4.50. The van der Waals surface area contributed by atoms with Crippen LogP contribution in [0.2, 0.25) is 0 Å². The second kappa shape index (κ2) is 2.53. The van der Waals surface area contributed by atoms with E-state index in [1.54, 1.807) is 0 Å². The third-order valence-corrected chi connectivity index (χ3v) is 5.78. The number of ether oxygens (including phenoxy) is 1. The number of hydrogen-bond donors (Lipinski definition) is 1. The molecule has 2 saturated carbocycles. The standard InChI is InChI=1S/C12H20O2/c1-11-5-3-8-7-14-10(13)9(4-6-11)12(8,11)2/h8-10,13H,3-7H2,1-2H3. The normalized spacial score (nSPS) is 61.5. The minimum absolute atomic E-state index is 0.352. The van der Waals surface area contributed by atoms with E-state index in [-0.39, 0.29) is 0 Å². The summed E-state index contributed by atoms with van der Waals surface area (Å²) >= 11 is 0. The lowest BCUT2D eigenvalue weighted by atomic mass is 9.62. The molecule has 1 saturated heterocycles. The highest BCUT2D eigenvalue weighted by molar-refractivity contribution is 5.12. The summed E-state index contributed by atoms with van der Waals surface area (Å²) in [4.78, 5) is 0. The maximum Gasteiger partial charge on any atom is 0.157 e. The lowest BCUT2D eigenvalue weighted by molar-refractivity contribution is -0.220. The molecule has 2 aliphatic carbocycles. The first-order chi connectivity index (χ1) is 6.58. The highest BCUT2D eigenvalue weighted by Crippen LogP contribution is 2.69. The Bertz CT molecular complexity index is 265. The molecule has 3 fully saturated rings. The minimum Gasteiger partial charge on any atom is -0.368 e. The van der Waals surface area contributed by atoms with Gasteiger partial charge in [-0.15, -0.1) is 0 Å². The monoisotopic (exact) mass is 196 g/mol. The largest absolute Gasteiger partial charge is 0.368 e. The third kappa shape index (κ3) is 0.809. The smallest absolute Gasteiger partial charge is 0.157 e. The molecule has 0 amide bonds. The quantitative estimate of drug-likeness (QED) is 0.643. The van der Waals surface area contributed by atoms with Crippen LogP contribution in [-0.2, 0) is 4.74 Å². The Morgan fingerprint density at radius 1 is 1.21 bits per heavy atom. The van der Waals surface area contributed by atoms with Crippen LogP contribution in [0.1, 0.15) is 39.5 Å². The summed E-state index contributed by atoms with van der Waals surface area (Å²) in [5, 5.41) is 9.90. The molecular formula is C12H20O2. The fourth-order valence-electron chi connectivity index (χ4n) is 4.50. The molecule has 3 aliphatic rings. The molecule has 2 nitrogen and oxygen atoms in total. The molecule has 1 heterocycles. The Balaban J connectivity index is 2.05. The van der Waals surface area contributed by atoms with Gasteiger partial charge in [-0.3, -0.25) is 0 Å². The first-order valence-corrected chi connectivity index (χ1v) is 5.88. The summed E-state index contributed by atoms with van der Waals surface area (Å²) in [7, 11) is 0. The SMILES string of the molecule is CC12CCC3COC(O)C(CC1)C32C. The maximum atomic E-state index is 9.90. The number of aliphatic hydroxyl groups is 1. The summed E-state index contributed by atoms with van der Waals surface area (Å²) in [5.41, 5.74) is 0.831. The van der Waals surface area contributed by atoms with E-state index in [1.165, 1.54) is 19.3 Å². The van der Waals surface area contributed by atoms with Crippen LogP contribution in [0.5, 0.6) is 0 Å². The van der Waals surface area contributed by atoms with E-state index < -0.39 is 6.29 Å². The van der Waals surface area contributed by atoms with Crippen molar-refractivity contribution in [2.75, 3.05) is 6.61 Å². The lowest BCUT2D eigenvalue weighted by Gasteiger charge is -2.48. The molecule has 0 radical (unpaired) electrons. The van der Waals surface area contributed by atoms with Crippen LogP contribution < -0.4 is 0 Å². The van der Waals surface area contributed by atoms with Crippen molar-refractivity contribution in [1.29, 1.82) is 0 Å². The van der Waals surface area contributed by atoms with Crippen molar-refractivity contribution in [2.45, 2.75) is 45.8 Å². The van der Waals surface area contributed by atoms with Gasteiger partial charge < -0.3 is 9.84 Å². The molecule has 0 aromatic heterocycles. The van der Waals surface area contributed by atoms with Crippen molar-refractivity contribution >= 4 is 0 Å². The Hall–Kier alpha value is -0.0800. The van der Waals surface area contributed by atoms with Gasteiger partial charge in [0.25, 0.3) is 0 Å². The first-order valence-electron chi connectivity index (χ1n) is 5.88. The van der Waals surface area contributed by atoms with Crippen molar-refractivity contribution < 1.29 is 9.84 Å². The van der Waals surface area contributed by atoms with Gasteiger partial charge in [0.1, 0.15) is 0 Å². The van der Waals surface area contributed by atoms with Crippen molar-refractivity contribution in [3.63, 3.8) is 0 Å². The molecule has 80 valence electrons. The molecular weight excluding hydrogens is 176 g/mol. The lowest BCUT2D eigenvalue weighted by Crippen LogP contribution is -2.48. The van der Waals surface area contributed by atoms with Crippen molar-refractivity contribution in [3.05, 3.63) is 0 Å². The zero-order chi connectivity index (χ0) is 9.97. The van der Waals surface area contributed by atoms with Crippen LogP contribution in [-0.4, -0.2) is 18.0 Å². The first kappa shape index (κ1) is 9.17. The fraction of sp³-hybridized carbons (Fsp3) is 1.00. The summed E-state index contributed by atoms with van der Waals surface area (Å²) in [5.74, 6) is 1.09. The predicted molar refractivity (Wildman–Crippen MR) is 53.6 cm³/mol. The third-order valence-electron chi connectivity index (χ3n) is 5.78. The Kier molecular flexibility index (Phi) is 1.66. The molecule has 3 rings (SSSR count). The zero-order valence-electron chi connectivity index (χ0n) is 9.12. The number of hydrogen-bond acceptors (Lipinski definition) is 2. The van der Waals surface area contributed by atoms with E-state index in [1.807, 2.05) is 0 Å². The second-order valence-corrected chi connectivity index (χ2v) is 5.95. The van der Waals surface area contributed by atoms with Crippen molar-refractivity contribution in [2.24, 2.45) is 22.7 Å². The molecule has 14 heavy (non-hydrogen) atoms. The highest BCUT2D eigenvalue weighted by Gasteiger charge is 2.65. The summed E-state index contributed by atoms with van der Waals surface area (Å²) < 4.78 is 5.49. The van der Waals surface area contributed by atoms with E-state index in [9.17, 15) is 5.11 Å². The number of aliphatic hydroxyl groups excluding tert-OH is 1. The van der Waals surface area contributed by atoms with Crippen LogP contribution in [0, 0.1) is 22.7 Å². The molecule has 1 aliphatic heterocycles. The molecule has 0 spiro atoms. The average molecular weight is 196 g/mol. The Morgan fingerprint density at radius 2 is 1.93 bits per heavy atom. The molecule has 5 atom stereocenters. The van der Waals surface area contributed by atoms with Gasteiger partial charge in [0.2, 0.25) is 0 Å².